The molecule has 0 fully saturated rings. The van der Waals surface area contributed by atoms with Gasteiger partial charge in [0.15, 0.2) is 0 Å². The summed E-state index contributed by atoms with van der Waals surface area (Å²) in [5.74, 6) is -3.59. The second-order valence-electron chi connectivity index (χ2n) is 4.93. The Balaban J connectivity index is 1.91. The molecule has 9 heteroatoms. The van der Waals surface area contributed by atoms with Crippen molar-refractivity contribution in [3.05, 3.63) is 65.2 Å². The molecule has 0 bridgehead atoms. The van der Waals surface area contributed by atoms with E-state index in [2.05, 4.69) is 10.6 Å². The van der Waals surface area contributed by atoms with Crippen LogP contribution in [0.25, 0.3) is 0 Å². The normalized spacial score (nSPS) is 11.1. The molecule has 0 radical (unpaired) electrons. The SMILES string of the molecule is O=C(CNC(=O)c1ccc(F)cc1F)Nc1ccc(C(F)(F)F)cc1. The summed E-state index contributed by atoms with van der Waals surface area (Å²) in [6.45, 7) is -0.545. The van der Waals surface area contributed by atoms with Crippen LogP contribution in [0.2, 0.25) is 0 Å². The Morgan fingerprint density at radius 2 is 1.60 bits per heavy atom. The summed E-state index contributed by atoms with van der Waals surface area (Å²) in [4.78, 5) is 23.4. The molecule has 2 aromatic rings. The van der Waals surface area contributed by atoms with Crippen LogP contribution in [-0.2, 0) is 11.0 Å². The molecular weight excluding hydrogens is 347 g/mol. The summed E-state index contributed by atoms with van der Waals surface area (Å²) < 4.78 is 63.4. The minimum Gasteiger partial charge on any atom is -0.343 e. The number of anilines is 1. The molecule has 2 rings (SSSR count). The van der Waals surface area contributed by atoms with Crippen LogP contribution < -0.4 is 10.6 Å². The topological polar surface area (TPSA) is 58.2 Å². The highest BCUT2D eigenvalue weighted by molar-refractivity contribution is 5.99. The molecular formula is C16H11F5N2O2. The first-order valence-corrected chi connectivity index (χ1v) is 6.87. The lowest BCUT2D eigenvalue weighted by Gasteiger charge is -2.09. The van der Waals surface area contributed by atoms with Gasteiger partial charge in [-0.2, -0.15) is 13.2 Å². The first-order valence-electron chi connectivity index (χ1n) is 6.87. The molecule has 0 saturated carbocycles. The highest BCUT2D eigenvalue weighted by atomic mass is 19.4. The molecule has 0 aliphatic heterocycles. The summed E-state index contributed by atoms with van der Waals surface area (Å²) in [5, 5.41) is 4.40. The van der Waals surface area contributed by atoms with Crippen molar-refractivity contribution in [3.63, 3.8) is 0 Å². The number of hydrogen-bond acceptors (Lipinski definition) is 2. The third-order valence-electron chi connectivity index (χ3n) is 3.08. The van der Waals surface area contributed by atoms with Gasteiger partial charge in [0.05, 0.1) is 17.7 Å². The number of halogens is 5. The van der Waals surface area contributed by atoms with Crippen LogP contribution in [-0.4, -0.2) is 18.4 Å². The lowest BCUT2D eigenvalue weighted by Crippen LogP contribution is -2.33. The van der Waals surface area contributed by atoms with E-state index in [4.69, 9.17) is 0 Å². The molecule has 0 atom stereocenters. The van der Waals surface area contributed by atoms with Crippen LogP contribution in [0.5, 0.6) is 0 Å². The van der Waals surface area contributed by atoms with Crippen molar-refractivity contribution in [1.82, 2.24) is 5.32 Å². The molecule has 0 spiro atoms. The summed E-state index contributed by atoms with van der Waals surface area (Å²) in [6, 6.07) is 6.04. The Bertz CT molecular complexity index is 788. The van der Waals surface area contributed by atoms with E-state index in [1.165, 1.54) is 0 Å². The molecule has 2 aromatic carbocycles. The standard InChI is InChI=1S/C16H11F5N2O2/c17-10-3-6-12(13(18)7-10)15(25)22-8-14(24)23-11-4-1-9(2-5-11)16(19,20)21/h1-7H,8H2,(H,22,25)(H,23,24). The van der Waals surface area contributed by atoms with E-state index in [0.29, 0.717) is 6.07 Å². The van der Waals surface area contributed by atoms with Gasteiger partial charge in [-0.3, -0.25) is 9.59 Å². The zero-order chi connectivity index (χ0) is 18.6. The first-order chi connectivity index (χ1) is 11.7. The Kier molecular flexibility index (Phi) is 5.35. The zero-order valence-corrected chi connectivity index (χ0v) is 12.5. The van der Waals surface area contributed by atoms with Gasteiger partial charge in [0.2, 0.25) is 5.91 Å². The summed E-state index contributed by atoms with van der Waals surface area (Å²) in [7, 11) is 0. The number of amides is 2. The number of nitrogens with one attached hydrogen (secondary N) is 2. The van der Waals surface area contributed by atoms with Crippen molar-refractivity contribution in [2.45, 2.75) is 6.18 Å². The van der Waals surface area contributed by atoms with Crippen LogP contribution in [0.3, 0.4) is 0 Å². The number of carbonyl (C=O) groups is 2. The first kappa shape index (κ1) is 18.4. The molecule has 132 valence electrons. The summed E-state index contributed by atoms with van der Waals surface area (Å²) >= 11 is 0. The van der Waals surface area contributed by atoms with Gasteiger partial charge in [-0.05, 0) is 36.4 Å². The van der Waals surface area contributed by atoms with E-state index in [9.17, 15) is 31.5 Å². The predicted octanol–water partition coefficient (Wildman–Crippen LogP) is 3.35. The van der Waals surface area contributed by atoms with Gasteiger partial charge in [0.1, 0.15) is 11.6 Å². The number of carbonyl (C=O) groups excluding carboxylic acids is 2. The second kappa shape index (κ2) is 7.29. The van der Waals surface area contributed by atoms with Gasteiger partial charge < -0.3 is 10.6 Å². The third kappa shape index (κ3) is 5.00. The van der Waals surface area contributed by atoms with Gasteiger partial charge in [-0.15, -0.1) is 0 Å². The molecule has 0 aliphatic carbocycles. The largest absolute Gasteiger partial charge is 0.416 e. The van der Waals surface area contributed by atoms with Crippen molar-refractivity contribution < 1.29 is 31.5 Å². The lowest BCUT2D eigenvalue weighted by atomic mass is 10.2. The highest BCUT2D eigenvalue weighted by Gasteiger charge is 2.30. The molecule has 0 saturated heterocycles. The Morgan fingerprint density at radius 1 is 0.960 bits per heavy atom. The lowest BCUT2D eigenvalue weighted by molar-refractivity contribution is -0.137. The number of benzene rings is 2. The van der Waals surface area contributed by atoms with Crippen LogP contribution >= 0.6 is 0 Å². The van der Waals surface area contributed by atoms with Crippen LogP contribution in [0.15, 0.2) is 42.5 Å². The molecule has 0 unspecified atom stereocenters. The number of rotatable bonds is 4. The average molecular weight is 358 g/mol. The number of hydrogen-bond donors (Lipinski definition) is 2. The number of alkyl halides is 3. The minimum absolute atomic E-state index is 0.0974. The molecule has 2 amide bonds. The van der Waals surface area contributed by atoms with Crippen molar-refractivity contribution >= 4 is 17.5 Å². The van der Waals surface area contributed by atoms with Crippen molar-refractivity contribution in [2.24, 2.45) is 0 Å². The fourth-order valence-corrected chi connectivity index (χ4v) is 1.88. The maximum Gasteiger partial charge on any atom is 0.416 e. The average Bonchev–Trinajstić information content (AvgIpc) is 2.52. The van der Waals surface area contributed by atoms with E-state index in [0.717, 1.165) is 36.4 Å². The monoisotopic (exact) mass is 358 g/mol. The maximum absolute atomic E-state index is 13.4. The Hall–Kier alpha value is -2.97. The molecule has 4 nitrogen and oxygen atoms in total. The van der Waals surface area contributed by atoms with Crippen LogP contribution in [0.4, 0.5) is 27.6 Å². The van der Waals surface area contributed by atoms with E-state index < -0.39 is 47.3 Å². The maximum atomic E-state index is 13.4. The van der Waals surface area contributed by atoms with Crippen molar-refractivity contribution in [3.8, 4) is 0 Å². The van der Waals surface area contributed by atoms with Gasteiger partial charge in [-0.25, -0.2) is 8.78 Å². The van der Waals surface area contributed by atoms with Gasteiger partial charge >= 0.3 is 6.18 Å². The van der Waals surface area contributed by atoms with Crippen molar-refractivity contribution in [1.29, 1.82) is 0 Å². The zero-order valence-electron chi connectivity index (χ0n) is 12.5. The molecule has 2 N–H and O–H groups in total. The second-order valence-corrected chi connectivity index (χ2v) is 4.93. The third-order valence-corrected chi connectivity index (χ3v) is 3.08. The van der Waals surface area contributed by atoms with Crippen molar-refractivity contribution in [2.75, 3.05) is 11.9 Å². The van der Waals surface area contributed by atoms with E-state index >= 15 is 0 Å². The van der Waals surface area contributed by atoms with Gasteiger partial charge in [0.25, 0.3) is 5.91 Å². The highest BCUT2D eigenvalue weighted by Crippen LogP contribution is 2.29. The summed E-state index contributed by atoms with van der Waals surface area (Å²) in [6.07, 6.45) is -4.49. The molecule has 0 aromatic heterocycles. The van der Waals surface area contributed by atoms with Gasteiger partial charge in [-0.1, -0.05) is 0 Å². The fourth-order valence-electron chi connectivity index (χ4n) is 1.88. The molecule has 0 heterocycles. The molecule has 25 heavy (non-hydrogen) atoms. The van der Waals surface area contributed by atoms with E-state index in [1.54, 1.807) is 0 Å². The van der Waals surface area contributed by atoms with E-state index in [1.807, 2.05) is 0 Å². The fraction of sp³-hybridized carbons (Fsp3) is 0.125. The van der Waals surface area contributed by atoms with Crippen LogP contribution in [0.1, 0.15) is 15.9 Å². The Labute approximate surface area is 138 Å². The minimum atomic E-state index is -4.49. The predicted molar refractivity (Wildman–Crippen MR) is 78.8 cm³/mol. The van der Waals surface area contributed by atoms with Crippen LogP contribution in [0, 0.1) is 11.6 Å². The summed E-state index contributed by atoms with van der Waals surface area (Å²) in [5.41, 5.74) is -1.21. The Morgan fingerprint density at radius 3 is 2.16 bits per heavy atom. The molecule has 0 aliphatic rings. The van der Waals surface area contributed by atoms with E-state index in [-0.39, 0.29) is 5.69 Å². The quantitative estimate of drug-likeness (QED) is 0.824. The smallest absolute Gasteiger partial charge is 0.343 e. The van der Waals surface area contributed by atoms with Gasteiger partial charge in [0, 0.05) is 11.8 Å².